The lowest BCUT2D eigenvalue weighted by atomic mass is 10.0. The van der Waals surface area contributed by atoms with Crippen LogP contribution < -0.4 is 0 Å². The van der Waals surface area contributed by atoms with E-state index in [2.05, 4.69) is 10.1 Å². The van der Waals surface area contributed by atoms with Crippen LogP contribution in [0.3, 0.4) is 0 Å². The van der Waals surface area contributed by atoms with Gasteiger partial charge in [0.2, 0.25) is 0 Å². The quantitative estimate of drug-likeness (QED) is 0.816. The van der Waals surface area contributed by atoms with Gasteiger partial charge in [-0.25, -0.2) is 0 Å². The van der Waals surface area contributed by atoms with Crippen LogP contribution in [0.25, 0.3) is 0 Å². The van der Waals surface area contributed by atoms with Crippen molar-refractivity contribution in [1.29, 1.82) is 0 Å². The Hall–Kier alpha value is -0.950. The van der Waals surface area contributed by atoms with Gasteiger partial charge in [-0.15, -0.1) is 0 Å². The van der Waals surface area contributed by atoms with Crippen LogP contribution in [0.15, 0.2) is 10.6 Å². The monoisotopic (exact) mass is 268 g/mol. The molecule has 3 rings (SSSR count). The predicted molar refractivity (Wildman–Crippen MR) is 66.4 cm³/mol. The number of nitrogens with zero attached hydrogens (tertiary/aromatic N) is 2. The lowest BCUT2D eigenvalue weighted by Crippen LogP contribution is -2.44. The molecule has 106 valence electrons. The van der Waals surface area contributed by atoms with Crippen LogP contribution in [-0.4, -0.2) is 49.3 Å². The Morgan fingerprint density at radius 2 is 2.05 bits per heavy atom. The number of piperidine rings is 1. The summed E-state index contributed by atoms with van der Waals surface area (Å²) in [6.07, 6.45) is 1.85. The van der Waals surface area contributed by atoms with Crippen LogP contribution >= 0.6 is 0 Å². The minimum absolute atomic E-state index is 0.304. The molecule has 0 saturated carbocycles. The highest BCUT2D eigenvalue weighted by molar-refractivity contribution is 5.04. The maximum Gasteiger partial charge on any atom is 0.170 e. The summed E-state index contributed by atoms with van der Waals surface area (Å²) in [7, 11) is 1.65. The van der Waals surface area contributed by atoms with Gasteiger partial charge in [0, 0.05) is 45.7 Å². The van der Waals surface area contributed by atoms with Crippen LogP contribution in [0, 0.1) is 0 Å². The summed E-state index contributed by atoms with van der Waals surface area (Å²) in [5.41, 5.74) is 0.955. The highest BCUT2D eigenvalue weighted by Gasteiger charge is 2.39. The number of methoxy groups -OCH3 is 1. The number of rotatable bonds is 4. The highest BCUT2D eigenvalue weighted by Crippen LogP contribution is 2.31. The summed E-state index contributed by atoms with van der Waals surface area (Å²) in [6, 6.07) is 1.95. The Kier molecular flexibility index (Phi) is 3.83. The Morgan fingerprint density at radius 3 is 2.74 bits per heavy atom. The molecule has 0 unspecified atom stereocenters. The van der Waals surface area contributed by atoms with E-state index < -0.39 is 0 Å². The van der Waals surface area contributed by atoms with Gasteiger partial charge in [-0.2, -0.15) is 0 Å². The molecule has 2 saturated heterocycles. The summed E-state index contributed by atoms with van der Waals surface area (Å²) in [5, 5.41) is 4.06. The zero-order chi connectivity index (χ0) is 13.1. The Bertz CT molecular complexity index is 405. The van der Waals surface area contributed by atoms with E-state index in [9.17, 15) is 0 Å². The van der Waals surface area contributed by atoms with E-state index in [0.717, 1.165) is 57.1 Å². The predicted octanol–water partition coefficient (Wildman–Crippen LogP) is 1.16. The average Bonchev–Trinajstić information content (AvgIpc) is 3.04. The summed E-state index contributed by atoms with van der Waals surface area (Å²) in [5.74, 6) is 0.468. The molecular formula is C13H20N2O4. The van der Waals surface area contributed by atoms with Gasteiger partial charge in [0.1, 0.15) is 6.61 Å². The summed E-state index contributed by atoms with van der Waals surface area (Å²) < 4.78 is 21.6. The second-order valence-electron chi connectivity index (χ2n) is 5.10. The number of ether oxygens (including phenoxy) is 3. The van der Waals surface area contributed by atoms with Crippen LogP contribution in [-0.2, 0) is 27.4 Å². The molecule has 0 aromatic carbocycles. The topological polar surface area (TPSA) is 57.0 Å². The number of hydrogen-bond donors (Lipinski definition) is 0. The summed E-state index contributed by atoms with van der Waals surface area (Å²) in [6.45, 7) is 4.66. The molecule has 0 bridgehead atoms. The zero-order valence-electron chi connectivity index (χ0n) is 11.3. The molecule has 6 heteroatoms. The molecule has 2 fully saturated rings. The molecule has 0 N–H and O–H groups in total. The van der Waals surface area contributed by atoms with Crippen molar-refractivity contribution in [3.63, 3.8) is 0 Å². The molecule has 0 radical (unpaired) electrons. The first-order valence-corrected chi connectivity index (χ1v) is 6.73. The first kappa shape index (κ1) is 13.1. The van der Waals surface area contributed by atoms with Crippen molar-refractivity contribution in [2.45, 2.75) is 31.8 Å². The van der Waals surface area contributed by atoms with E-state index in [-0.39, 0.29) is 5.79 Å². The summed E-state index contributed by atoms with van der Waals surface area (Å²) in [4.78, 5) is 2.35. The molecule has 0 amide bonds. The lowest BCUT2D eigenvalue weighted by Gasteiger charge is -2.37. The van der Waals surface area contributed by atoms with Gasteiger partial charge in [0.05, 0.1) is 18.9 Å². The third-order valence-electron chi connectivity index (χ3n) is 3.71. The van der Waals surface area contributed by atoms with Crippen LogP contribution in [0.4, 0.5) is 0 Å². The van der Waals surface area contributed by atoms with Crippen LogP contribution in [0.5, 0.6) is 0 Å². The number of hydrogen-bond acceptors (Lipinski definition) is 6. The molecule has 2 aliphatic heterocycles. The Balaban J connectivity index is 1.51. The van der Waals surface area contributed by atoms with E-state index in [1.807, 2.05) is 6.07 Å². The minimum atomic E-state index is -0.304. The smallest absolute Gasteiger partial charge is 0.170 e. The largest absolute Gasteiger partial charge is 0.377 e. The maximum absolute atomic E-state index is 5.72. The number of likely N-dealkylation sites (tertiary alicyclic amines) is 1. The molecule has 1 aromatic heterocycles. The van der Waals surface area contributed by atoms with E-state index in [4.69, 9.17) is 18.7 Å². The highest BCUT2D eigenvalue weighted by atomic mass is 16.7. The Morgan fingerprint density at radius 1 is 1.32 bits per heavy atom. The van der Waals surface area contributed by atoms with Crippen LogP contribution in [0.1, 0.15) is 24.3 Å². The molecule has 0 aliphatic carbocycles. The van der Waals surface area contributed by atoms with Crippen molar-refractivity contribution in [2.75, 3.05) is 33.4 Å². The second-order valence-corrected chi connectivity index (χ2v) is 5.10. The van der Waals surface area contributed by atoms with Crippen LogP contribution in [0.2, 0.25) is 0 Å². The van der Waals surface area contributed by atoms with Crippen molar-refractivity contribution in [3.8, 4) is 0 Å². The maximum atomic E-state index is 5.72. The third-order valence-corrected chi connectivity index (χ3v) is 3.71. The molecule has 3 heterocycles. The first-order valence-electron chi connectivity index (χ1n) is 6.73. The van der Waals surface area contributed by atoms with Gasteiger partial charge in [0.15, 0.2) is 11.5 Å². The molecule has 6 nitrogen and oxygen atoms in total. The fourth-order valence-corrected chi connectivity index (χ4v) is 2.71. The van der Waals surface area contributed by atoms with Crippen molar-refractivity contribution >= 4 is 0 Å². The van der Waals surface area contributed by atoms with E-state index in [0.29, 0.717) is 6.61 Å². The molecular weight excluding hydrogens is 248 g/mol. The minimum Gasteiger partial charge on any atom is -0.377 e. The average molecular weight is 268 g/mol. The molecule has 19 heavy (non-hydrogen) atoms. The molecule has 0 atom stereocenters. The van der Waals surface area contributed by atoms with Gasteiger partial charge in [0.25, 0.3) is 0 Å². The van der Waals surface area contributed by atoms with Crippen molar-refractivity contribution in [2.24, 2.45) is 0 Å². The van der Waals surface area contributed by atoms with E-state index >= 15 is 0 Å². The standard InChI is InChI=1S/C13H20N2O4/c1-16-10-12-8-11(14-19-12)9-15-4-2-13(3-5-15)17-6-7-18-13/h8H,2-7,9-10H2,1H3. The molecule has 1 spiro atoms. The Labute approximate surface area is 112 Å². The molecule has 2 aliphatic rings. The van der Waals surface area contributed by atoms with Crippen molar-refractivity contribution in [1.82, 2.24) is 10.1 Å². The normalized spacial score (nSPS) is 23.2. The lowest BCUT2D eigenvalue weighted by molar-refractivity contribution is -0.185. The van der Waals surface area contributed by atoms with E-state index in [1.165, 1.54) is 0 Å². The SMILES string of the molecule is COCc1cc(CN2CCC3(CC2)OCCO3)no1. The fraction of sp³-hybridized carbons (Fsp3) is 0.769. The van der Waals surface area contributed by atoms with Gasteiger partial charge >= 0.3 is 0 Å². The fourth-order valence-electron chi connectivity index (χ4n) is 2.71. The number of aromatic nitrogens is 1. The zero-order valence-corrected chi connectivity index (χ0v) is 11.3. The first-order chi connectivity index (χ1) is 9.30. The third kappa shape index (κ3) is 2.97. The van der Waals surface area contributed by atoms with Gasteiger partial charge in [-0.05, 0) is 0 Å². The van der Waals surface area contributed by atoms with Crippen molar-refractivity contribution in [3.05, 3.63) is 17.5 Å². The van der Waals surface area contributed by atoms with Gasteiger partial charge in [-0.1, -0.05) is 5.16 Å². The van der Waals surface area contributed by atoms with Crippen molar-refractivity contribution < 1.29 is 18.7 Å². The summed E-state index contributed by atoms with van der Waals surface area (Å²) >= 11 is 0. The van der Waals surface area contributed by atoms with Gasteiger partial charge in [-0.3, -0.25) is 4.90 Å². The molecule has 1 aromatic rings. The second kappa shape index (κ2) is 5.58. The van der Waals surface area contributed by atoms with Gasteiger partial charge < -0.3 is 18.7 Å². The van der Waals surface area contributed by atoms with E-state index in [1.54, 1.807) is 7.11 Å².